The summed E-state index contributed by atoms with van der Waals surface area (Å²) in [5.41, 5.74) is 4.68. The Morgan fingerprint density at radius 2 is 1.82 bits per heavy atom. The molecule has 0 radical (unpaired) electrons. The van der Waals surface area contributed by atoms with E-state index in [-0.39, 0.29) is 12.0 Å². The summed E-state index contributed by atoms with van der Waals surface area (Å²) in [6.45, 7) is 4.03. The second-order valence-electron chi connectivity index (χ2n) is 8.23. The van der Waals surface area contributed by atoms with Crippen molar-refractivity contribution in [3.63, 3.8) is 0 Å². The highest BCUT2D eigenvalue weighted by molar-refractivity contribution is 5.79. The highest BCUT2D eigenvalue weighted by Gasteiger charge is 2.31. The molecule has 1 unspecified atom stereocenters. The van der Waals surface area contributed by atoms with Gasteiger partial charge in [-0.15, -0.1) is 0 Å². The average Bonchev–Trinajstić information content (AvgIpc) is 2.76. The molecule has 1 atom stereocenters. The standard InChI is InChI=1S/C24H30N2O2/c1-18-7-9-19(10-8-18)15-20-11-12-22(25-16-20)23-17-26(13-14-28-23)24(27)21-5-3-2-4-6-21/h7-12,16,21,23H,2-6,13-15,17H2,1H3. The van der Waals surface area contributed by atoms with Crippen LogP contribution in [0.2, 0.25) is 0 Å². The third-order valence-corrected chi connectivity index (χ3v) is 6.04. The molecular weight excluding hydrogens is 348 g/mol. The second-order valence-corrected chi connectivity index (χ2v) is 8.23. The van der Waals surface area contributed by atoms with Crippen LogP contribution in [0.4, 0.5) is 0 Å². The van der Waals surface area contributed by atoms with E-state index in [0.717, 1.165) is 25.0 Å². The maximum absolute atomic E-state index is 12.9. The highest BCUT2D eigenvalue weighted by atomic mass is 16.5. The van der Waals surface area contributed by atoms with Crippen LogP contribution in [-0.4, -0.2) is 35.5 Å². The van der Waals surface area contributed by atoms with Crippen LogP contribution in [0.5, 0.6) is 0 Å². The number of aryl methyl sites for hydroxylation is 1. The maximum atomic E-state index is 12.9. The van der Waals surface area contributed by atoms with Gasteiger partial charge in [0.1, 0.15) is 6.10 Å². The van der Waals surface area contributed by atoms with Crippen LogP contribution >= 0.6 is 0 Å². The zero-order valence-corrected chi connectivity index (χ0v) is 16.8. The lowest BCUT2D eigenvalue weighted by atomic mass is 9.88. The van der Waals surface area contributed by atoms with Crippen molar-refractivity contribution in [1.82, 2.24) is 9.88 Å². The van der Waals surface area contributed by atoms with E-state index >= 15 is 0 Å². The number of carbonyl (C=O) groups is 1. The molecule has 4 nitrogen and oxygen atoms in total. The van der Waals surface area contributed by atoms with Crippen molar-refractivity contribution in [1.29, 1.82) is 0 Å². The lowest BCUT2D eigenvalue weighted by molar-refractivity contribution is -0.144. The minimum atomic E-state index is -0.116. The van der Waals surface area contributed by atoms with E-state index in [1.165, 1.54) is 36.0 Å². The Bertz CT molecular complexity index is 779. The Hall–Kier alpha value is -2.20. The zero-order valence-electron chi connectivity index (χ0n) is 16.8. The van der Waals surface area contributed by atoms with Crippen molar-refractivity contribution in [3.8, 4) is 0 Å². The normalized spacial score (nSPS) is 20.9. The van der Waals surface area contributed by atoms with Crippen molar-refractivity contribution in [2.45, 2.75) is 51.6 Å². The van der Waals surface area contributed by atoms with Gasteiger partial charge in [-0.1, -0.05) is 55.2 Å². The molecule has 0 bridgehead atoms. The molecule has 1 saturated heterocycles. The molecule has 1 amide bonds. The van der Waals surface area contributed by atoms with Crippen molar-refractivity contribution >= 4 is 5.91 Å². The van der Waals surface area contributed by atoms with E-state index < -0.39 is 0 Å². The molecule has 2 aromatic rings. The molecule has 1 aliphatic carbocycles. The first-order valence-corrected chi connectivity index (χ1v) is 10.6. The Morgan fingerprint density at radius 1 is 1.07 bits per heavy atom. The zero-order chi connectivity index (χ0) is 19.3. The summed E-state index contributed by atoms with van der Waals surface area (Å²) in [5.74, 6) is 0.543. The Kier molecular flexibility index (Phi) is 6.06. The van der Waals surface area contributed by atoms with Gasteiger partial charge in [0.2, 0.25) is 5.91 Å². The minimum Gasteiger partial charge on any atom is -0.368 e. The van der Waals surface area contributed by atoms with Gasteiger partial charge in [-0.3, -0.25) is 9.78 Å². The summed E-state index contributed by atoms with van der Waals surface area (Å²) in [6.07, 6.45) is 8.46. The molecular formula is C24H30N2O2. The van der Waals surface area contributed by atoms with Gasteiger partial charge in [-0.05, 0) is 43.4 Å². The first kappa shape index (κ1) is 19.1. The lowest BCUT2D eigenvalue weighted by Gasteiger charge is -2.35. The summed E-state index contributed by atoms with van der Waals surface area (Å²) in [5, 5.41) is 0. The third-order valence-electron chi connectivity index (χ3n) is 6.04. The fraction of sp³-hybridized carbons (Fsp3) is 0.500. The first-order chi connectivity index (χ1) is 13.7. The van der Waals surface area contributed by atoms with Gasteiger partial charge in [0.25, 0.3) is 0 Å². The Morgan fingerprint density at radius 3 is 2.54 bits per heavy atom. The van der Waals surface area contributed by atoms with Crippen LogP contribution in [0.15, 0.2) is 42.6 Å². The van der Waals surface area contributed by atoms with Crippen molar-refractivity contribution < 1.29 is 9.53 Å². The number of nitrogens with zero attached hydrogens (tertiary/aromatic N) is 2. The monoisotopic (exact) mass is 378 g/mol. The van der Waals surface area contributed by atoms with E-state index in [1.54, 1.807) is 0 Å². The Balaban J connectivity index is 1.38. The number of rotatable bonds is 4. The summed E-state index contributed by atoms with van der Waals surface area (Å²) in [4.78, 5) is 19.5. The molecule has 148 valence electrons. The second kappa shape index (κ2) is 8.87. The van der Waals surface area contributed by atoms with Gasteiger partial charge in [0.15, 0.2) is 0 Å². The van der Waals surface area contributed by atoms with Crippen LogP contribution in [0.25, 0.3) is 0 Å². The molecule has 4 rings (SSSR count). The molecule has 2 heterocycles. The molecule has 1 saturated carbocycles. The SMILES string of the molecule is Cc1ccc(Cc2ccc(C3CN(C(=O)C4CCCCC4)CCO3)nc2)cc1. The van der Waals surface area contributed by atoms with Crippen LogP contribution in [0.1, 0.15) is 60.6 Å². The van der Waals surface area contributed by atoms with Crippen molar-refractivity contribution in [2.24, 2.45) is 5.92 Å². The summed E-state index contributed by atoms with van der Waals surface area (Å²) in [7, 11) is 0. The summed E-state index contributed by atoms with van der Waals surface area (Å²) < 4.78 is 5.95. The minimum absolute atomic E-state index is 0.116. The predicted octanol–water partition coefficient (Wildman–Crippen LogP) is 4.46. The molecule has 0 N–H and O–H groups in total. The number of aromatic nitrogens is 1. The predicted molar refractivity (Wildman–Crippen MR) is 110 cm³/mol. The smallest absolute Gasteiger partial charge is 0.225 e. The molecule has 1 aromatic heterocycles. The third kappa shape index (κ3) is 4.61. The number of hydrogen-bond donors (Lipinski definition) is 0. The summed E-state index contributed by atoms with van der Waals surface area (Å²) in [6, 6.07) is 12.8. The fourth-order valence-corrected chi connectivity index (χ4v) is 4.31. The highest BCUT2D eigenvalue weighted by Crippen LogP contribution is 2.28. The topological polar surface area (TPSA) is 42.4 Å². The number of pyridine rings is 1. The van der Waals surface area contributed by atoms with Gasteiger partial charge in [0.05, 0.1) is 18.8 Å². The quantitative estimate of drug-likeness (QED) is 0.789. The van der Waals surface area contributed by atoms with Gasteiger partial charge >= 0.3 is 0 Å². The van der Waals surface area contributed by atoms with Gasteiger partial charge in [0, 0.05) is 18.7 Å². The van der Waals surface area contributed by atoms with Crippen LogP contribution in [0, 0.1) is 12.8 Å². The number of carbonyl (C=O) groups excluding carboxylic acids is 1. The van der Waals surface area contributed by atoms with Gasteiger partial charge in [-0.2, -0.15) is 0 Å². The lowest BCUT2D eigenvalue weighted by Crippen LogP contribution is -2.45. The van der Waals surface area contributed by atoms with E-state index in [2.05, 4.69) is 48.3 Å². The molecule has 2 aliphatic rings. The fourth-order valence-electron chi connectivity index (χ4n) is 4.31. The first-order valence-electron chi connectivity index (χ1n) is 10.6. The van der Waals surface area contributed by atoms with E-state index in [4.69, 9.17) is 4.74 Å². The number of benzene rings is 1. The van der Waals surface area contributed by atoms with Gasteiger partial charge in [-0.25, -0.2) is 0 Å². The molecule has 28 heavy (non-hydrogen) atoms. The molecule has 1 aromatic carbocycles. The van der Waals surface area contributed by atoms with Crippen LogP contribution in [-0.2, 0) is 16.0 Å². The number of morpholine rings is 1. The number of amides is 1. The number of ether oxygens (including phenoxy) is 1. The van der Waals surface area contributed by atoms with Crippen LogP contribution in [0.3, 0.4) is 0 Å². The molecule has 2 fully saturated rings. The van der Waals surface area contributed by atoms with Crippen LogP contribution < -0.4 is 0 Å². The maximum Gasteiger partial charge on any atom is 0.225 e. The summed E-state index contributed by atoms with van der Waals surface area (Å²) >= 11 is 0. The van der Waals surface area contributed by atoms with Gasteiger partial charge < -0.3 is 9.64 Å². The molecule has 0 spiro atoms. The van der Waals surface area contributed by atoms with Crippen molar-refractivity contribution in [3.05, 3.63) is 65.0 Å². The number of hydrogen-bond acceptors (Lipinski definition) is 3. The Labute approximate surface area is 167 Å². The van der Waals surface area contributed by atoms with E-state index in [9.17, 15) is 4.79 Å². The largest absolute Gasteiger partial charge is 0.368 e. The molecule has 1 aliphatic heterocycles. The molecule has 4 heteroatoms. The van der Waals surface area contributed by atoms with E-state index in [1.807, 2.05) is 11.1 Å². The average molecular weight is 379 g/mol. The van der Waals surface area contributed by atoms with E-state index in [0.29, 0.717) is 25.6 Å². The van der Waals surface area contributed by atoms with Crippen molar-refractivity contribution in [2.75, 3.05) is 19.7 Å².